The van der Waals surface area contributed by atoms with Crippen molar-refractivity contribution in [1.29, 1.82) is 0 Å². The molecule has 0 spiro atoms. The van der Waals surface area contributed by atoms with E-state index in [9.17, 15) is 4.79 Å². The molecule has 0 aromatic carbocycles. The molecule has 5 heteroatoms. The molecule has 0 fully saturated rings. The largest absolute Gasteiger partial charge is 0.481 e. The van der Waals surface area contributed by atoms with E-state index in [2.05, 4.69) is 40.0 Å². The van der Waals surface area contributed by atoms with Crippen molar-refractivity contribution in [2.75, 3.05) is 0 Å². The number of halogens is 1. The van der Waals surface area contributed by atoms with Crippen molar-refractivity contribution in [2.24, 2.45) is 5.92 Å². The third-order valence-corrected chi connectivity index (χ3v) is 2.97. The molecule has 0 atom stereocenters. The monoisotopic (exact) mass is 274 g/mol. The second kappa shape index (κ2) is 5.30. The highest BCUT2D eigenvalue weighted by Gasteiger charge is 2.12. The normalized spacial score (nSPS) is 10.9. The van der Waals surface area contributed by atoms with Crippen molar-refractivity contribution >= 4 is 21.9 Å². The van der Waals surface area contributed by atoms with Gasteiger partial charge in [0.2, 0.25) is 0 Å². The number of nitrogens with zero attached hydrogens (tertiary/aromatic N) is 1. The quantitative estimate of drug-likeness (QED) is 0.867. The molecule has 0 saturated heterocycles. The van der Waals surface area contributed by atoms with E-state index in [-0.39, 0.29) is 6.42 Å². The molecule has 0 bridgehead atoms. The Hall–Kier alpha value is -0.840. The maximum atomic E-state index is 10.4. The maximum absolute atomic E-state index is 10.4. The van der Waals surface area contributed by atoms with Crippen LogP contribution in [0.25, 0.3) is 0 Å². The van der Waals surface area contributed by atoms with E-state index in [1.54, 1.807) is 0 Å². The molecule has 0 unspecified atom stereocenters. The van der Waals surface area contributed by atoms with Gasteiger partial charge in [-0.2, -0.15) is 5.10 Å². The molecule has 2 N–H and O–H groups in total. The smallest absolute Gasteiger partial charge is 0.303 e. The molecule has 1 aromatic rings. The molecule has 84 valence electrons. The Morgan fingerprint density at radius 1 is 1.60 bits per heavy atom. The summed E-state index contributed by atoms with van der Waals surface area (Å²) in [5.41, 5.74) is 1.85. The summed E-state index contributed by atoms with van der Waals surface area (Å²) in [5.74, 6) is -0.246. The van der Waals surface area contributed by atoms with Crippen molar-refractivity contribution in [3.05, 3.63) is 15.9 Å². The Kier molecular flexibility index (Phi) is 4.32. The number of aromatic amines is 1. The van der Waals surface area contributed by atoms with Crippen molar-refractivity contribution in [3.63, 3.8) is 0 Å². The van der Waals surface area contributed by atoms with E-state index < -0.39 is 5.97 Å². The van der Waals surface area contributed by atoms with E-state index in [0.717, 1.165) is 22.3 Å². The van der Waals surface area contributed by atoms with Gasteiger partial charge in [-0.1, -0.05) is 13.8 Å². The van der Waals surface area contributed by atoms with E-state index in [1.807, 2.05) is 0 Å². The van der Waals surface area contributed by atoms with Gasteiger partial charge in [-0.05, 0) is 28.3 Å². The molecule has 0 aliphatic rings. The second-order valence-electron chi connectivity index (χ2n) is 3.95. The molecule has 1 aromatic heterocycles. The highest BCUT2D eigenvalue weighted by atomic mass is 79.9. The van der Waals surface area contributed by atoms with Gasteiger partial charge in [-0.3, -0.25) is 9.89 Å². The number of aromatic nitrogens is 2. The number of aliphatic carboxylic acids is 1. The summed E-state index contributed by atoms with van der Waals surface area (Å²) in [6, 6.07) is 0. The molecule has 0 aliphatic heterocycles. The number of carboxylic acid groups (broad SMARTS) is 1. The summed E-state index contributed by atoms with van der Waals surface area (Å²) in [6.07, 6.45) is 1.50. The number of carbonyl (C=O) groups is 1. The molecule has 1 rings (SSSR count). The summed E-state index contributed by atoms with van der Waals surface area (Å²) in [6.45, 7) is 4.26. The lowest BCUT2D eigenvalue weighted by Gasteiger charge is -2.01. The molecule has 1 heterocycles. The topological polar surface area (TPSA) is 66.0 Å². The average Bonchev–Trinajstić information content (AvgIpc) is 2.44. The number of H-pyrrole nitrogens is 1. The molecule has 0 aliphatic carbocycles. The van der Waals surface area contributed by atoms with Crippen LogP contribution in [0.4, 0.5) is 0 Å². The van der Waals surface area contributed by atoms with E-state index in [1.165, 1.54) is 0 Å². The fourth-order valence-corrected chi connectivity index (χ4v) is 1.88. The van der Waals surface area contributed by atoms with E-state index >= 15 is 0 Å². The van der Waals surface area contributed by atoms with Gasteiger partial charge in [0.05, 0.1) is 16.6 Å². The van der Waals surface area contributed by atoms with Gasteiger partial charge >= 0.3 is 5.97 Å². The van der Waals surface area contributed by atoms with Crippen molar-refractivity contribution in [3.8, 4) is 0 Å². The third-order valence-electron chi connectivity index (χ3n) is 2.03. The summed E-state index contributed by atoms with van der Waals surface area (Å²) < 4.78 is 0.928. The van der Waals surface area contributed by atoms with Crippen LogP contribution in [0.1, 0.15) is 31.7 Å². The number of rotatable bonds is 5. The molecular formula is C10H15BrN2O2. The van der Waals surface area contributed by atoms with Crippen molar-refractivity contribution < 1.29 is 9.90 Å². The minimum absolute atomic E-state index is 0.116. The summed E-state index contributed by atoms with van der Waals surface area (Å²) in [7, 11) is 0. The SMILES string of the molecule is CC(C)Cc1[nH]nc(CCC(=O)O)c1Br. The number of hydrogen-bond acceptors (Lipinski definition) is 2. The van der Waals surface area contributed by atoms with Crippen molar-refractivity contribution in [1.82, 2.24) is 10.2 Å². The van der Waals surface area contributed by atoms with Crippen LogP contribution in [0, 0.1) is 5.92 Å². The Morgan fingerprint density at radius 3 is 2.80 bits per heavy atom. The zero-order chi connectivity index (χ0) is 11.4. The van der Waals surface area contributed by atoms with Crippen LogP contribution in [0.5, 0.6) is 0 Å². The first kappa shape index (κ1) is 12.2. The fourth-order valence-electron chi connectivity index (χ4n) is 1.34. The Morgan fingerprint density at radius 2 is 2.27 bits per heavy atom. The lowest BCUT2D eigenvalue weighted by molar-refractivity contribution is -0.136. The van der Waals surface area contributed by atoms with Gasteiger partial charge in [0.15, 0.2) is 0 Å². The molecule has 0 radical (unpaired) electrons. The first-order valence-electron chi connectivity index (χ1n) is 4.94. The number of nitrogens with one attached hydrogen (secondary N) is 1. The zero-order valence-corrected chi connectivity index (χ0v) is 10.5. The Bertz CT molecular complexity index is 347. The highest BCUT2D eigenvalue weighted by Crippen LogP contribution is 2.22. The number of hydrogen-bond donors (Lipinski definition) is 2. The van der Waals surface area contributed by atoms with Gasteiger partial charge in [0.25, 0.3) is 0 Å². The standard InChI is InChI=1S/C10H15BrN2O2/c1-6(2)5-8-10(11)7(12-13-8)3-4-9(14)15/h6H,3-5H2,1-2H3,(H,12,13)(H,14,15). The summed E-state index contributed by atoms with van der Waals surface area (Å²) in [4.78, 5) is 10.4. The molecule has 0 amide bonds. The lowest BCUT2D eigenvalue weighted by Crippen LogP contribution is -1.98. The van der Waals surface area contributed by atoms with Gasteiger partial charge in [-0.15, -0.1) is 0 Å². The zero-order valence-electron chi connectivity index (χ0n) is 8.88. The van der Waals surface area contributed by atoms with Crippen LogP contribution in [-0.4, -0.2) is 21.3 Å². The summed E-state index contributed by atoms with van der Waals surface area (Å²) in [5, 5.41) is 15.6. The average molecular weight is 275 g/mol. The van der Waals surface area contributed by atoms with Crippen LogP contribution in [0.3, 0.4) is 0 Å². The third kappa shape index (κ3) is 3.66. The van der Waals surface area contributed by atoms with Crippen LogP contribution < -0.4 is 0 Å². The lowest BCUT2D eigenvalue weighted by atomic mass is 10.1. The maximum Gasteiger partial charge on any atom is 0.303 e. The minimum Gasteiger partial charge on any atom is -0.481 e. The van der Waals surface area contributed by atoms with Crippen LogP contribution in [0.15, 0.2) is 4.47 Å². The molecule has 15 heavy (non-hydrogen) atoms. The Balaban J connectivity index is 2.66. The predicted molar refractivity (Wildman–Crippen MR) is 60.8 cm³/mol. The minimum atomic E-state index is -0.796. The van der Waals surface area contributed by atoms with Gasteiger partial charge in [0, 0.05) is 12.1 Å². The van der Waals surface area contributed by atoms with Gasteiger partial charge in [0.1, 0.15) is 0 Å². The highest BCUT2D eigenvalue weighted by molar-refractivity contribution is 9.10. The van der Waals surface area contributed by atoms with Gasteiger partial charge < -0.3 is 5.11 Å². The number of carboxylic acids is 1. The Labute approximate surface area is 97.2 Å². The van der Waals surface area contributed by atoms with Crippen molar-refractivity contribution in [2.45, 2.75) is 33.1 Å². The molecular weight excluding hydrogens is 260 g/mol. The fraction of sp³-hybridized carbons (Fsp3) is 0.600. The molecule has 0 saturated carbocycles. The van der Waals surface area contributed by atoms with Crippen LogP contribution >= 0.6 is 15.9 Å². The van der Waals surface area contributed by atoms with E-state index in [4.69, 9.17) is 5.11 Å². The van der Waals surface area contributed by atoms with Gasteiger partial charge in [-0.25, -0.2) is 0 Å². The second-order valence-corrected chi connectivity index (χ2v) is 4.75. The number of aryl methyl sites for hydroxylation is 1. The predicted octanol–water partition coefficient (Wildman–Crippen LogP) is 2.39. The molecule has 4 nitrogen and oxygen atoms in total. The van der Waals surface area contributed by atoms with E-state index in [0.29, 0.717) is 12.3 Å². The first-order chi connectivity index (χ1) is 7.00. The first-order valence-corrected chi connectivity index (χ1v) is 5.73. The van der Waals surface area contributed by atoms with Crippen LogP contribution in [0.2, 0.25) is 0 Å². The summed E-state index contributed by atoms with van der Waals surface area (Å²) >= 11 is 3.44. The van der Waals surface area contributed by atoms with Crippen LogP contribution in [-0.2, 0) is 17.6 Å².